The quantitative estimate of drug-likeness (QED) is 0.388. The Kier molecular flexibility index (Phi) is 5.10. The predicted octanol–water partition coefficient (Wildman–Crippen LogP) is 2.41. The molecular formula is C26H27N5O4. The summed E-state index contributed by atoms with van der Waals surface area (Å²) in [7, 11) is 0. The molecule has 180 valence electrons. The first-order valence-electron chi connectivity index (χ1n) is 12.1. The minimum absolute atomic E-state index is 0.0122. The fourth-order valence-electron chi connectivity index (χ4n) is 5.81. The lowest BCUT2D eigenvalue weighted by Crippen LogP contribution is -2.71. The minimum Gasteiger partial charge on any atom is -0.388 e. The van der Waals surface area contributed by atoms with Gasteiger partial charge in [0.25, 0.3) is 11.8 Å². The average molecular weight is 474 g/mol. The standard InChI is InChI=1S/C26H27N5O4/c32-13-21-27-17-4-1-3-16(23(17)31-21)25(35)30-20-12-19(26(20)9-2-10-26)29-24(34)15-6-5-14-7-8-22(33)28-18(14)11-15/h1,3-6,11,19-20,32H,2,7-10,12-13H2,(H,27,31)(H,28,33)(H,29,34)(H,30,35). The van der Waals surface area contributed by atoms with Gasteiger partial charge in [-0.05, 0) is 55.5 Å². The molecule has 0 bridgehead atoms. The van der Waals surface area contributed by atoms with Crippen LogP contribution in [0.5, 0.6) is 0 Å². The Morgan fingerprint density at radius 3 is 2.63 bits per heavy atom. The summed E-state index contributed by atoms with van der Waals surface area (Å²) in [6.45, 7) is -0.223. The molecule has 1 aromatic heterocycles. The van der Waals surface area contributed by atoms with E-state index in [0.29, 0.717) is 52.9 Å². The SMILES string of the molecule is O=C1CCc2ccc(C(=O)NC3CC(NC(=O)c4cccc5[nH]c(CO)nc45)C34CCC4)cc2N1. The molecule has 3 amide bonds. The van der Waals surface area contributed by atoms with Gasteiger partial charge in [-0.1, -0.05) is 18.6 Å². The molecule has 5 N–H and O–H groups in total. The van der Waals surface area contributed by atoms with Gasteiger partial charge in [0.2, 0.25) is 5.91 Å². The van der Waals surface area contributed by atoms with Gasteiger partial charge in [-0.2, -0.15) is 0 Å². The number of amides is 3. The van der Waals surface area contributed by atoms with E-state index < -0.39 is 0 Å². The van der Waals surface area contributed by atoms with E-state index in [4.69, 9.17) is 0 Å². The third-order valence-electron chi connectivity index (χ3n) is 7.98. The van der Waals surface area contributed by atoms with Gasteiger partial charge in [0.15, 0.2) is 0 Å². The van der Waals surface area contributed by atoms with Crippen LogP contribution in [0.15, 0.2) is 36.4 Å². The predicted molar refractivity (Wildman–Crippen MR) is 129 cm³/mol. The topological polar surface area (TPSA) is 136 Å². The molecular weight excluding hydrogens is 446 g/mol. The Bertz CT molecular complexity index is 1360. The molecule has 0 saturated heterocycles. The van der Waals surface area contributed by atoms with Gasteiger partial charge >= 0.3 is 0 Å². The van der Waals surface area contributed by atoms with Crippen molar-refractivity contribution >= 4 is 34.4 Å². The molecule has 6 rings (SSSR count). The van der Waals surface area contributed by atoms with Crippen LogP contribution in [0.3, 0.4) is 0 Å². The summed E-state index contributed by atoms with van der Waals surface area (Å²) >= 11 is 0. The zero-order valence-corrected chi connectivity index (χ0v) is 19.2. The third kappa shape index (κ3) is 3.58. The molecule has 2 heterocycles. The van der Waals surface area contributed by atoms with Crippen molar-refractivity contribution < 1.29 is 19.5 Å². The van der Waals surface area contributed by atoms with Crippen LogP contribution < -0.4 is 16.0 Å². The molecule has 0 radical (unpaired) electrons. The molecule has 9 heteroatoms. The number of anilines is 1. The maximum Gasteiger partial charge on any atom is 0.253 e. The number of nitrogens with zero attached hydrogens (tertiary/aromatic N) is 1. The average Bonchev–Trinajstić information content (AvgIpc) is 3.25. The number of aromatic nitrogens is 2. The second-order valence-corrected chi connectivity index (χ2v) is 9.84. The first kappa shape index (κ1) is 21.8. The van der Waals surface area contributed by atoms with E-state index in [1.54, 1.807) is 18.2 Å². The lowest BCUT2D eigenvalue weighted by atomic mass is 9.49. The van der Waals surface area contributed by atoms with Crippen molar-refractivity contribution in [3.63, 3.8) is 0 Å². The van der Waals surface area contributed by atoms with Crippen molar-refractivity contribution in [2.75, 3.05) is 5.32 Å². The number of aromatic amines is 1. The molecule has 1 spiro atoms. The van der Waals surface area contributed by atoms with Crippen LogP contribution in [0.1, 0.15) is 64.2 Å². The lowest BCUT2D eigenvalue weighted by molar-refractivity contribution is -0.116. The highest BCUT2D eigenvalue weighted by Gasteiger charge is 2.59. The monoisotopic (exact) mass is 473 g/mol. The first-order valence-corrected chi connectivity index (χ1v) is 12.1. The van der Waals surface area contributed by atoms with Crippen LogP contribution in [0.4, 0.5) is 5.69 Å². The number of carbonyl (C=O) groups is 3. The van der Waals surface area contributed by atoms with Crippen LogP contribution >= 0.6 is 0 Å². The van der Waals surface area contributed by atoms with Crippen molar-refractivity contribution in [1.29, 1.82) is 0 Å². The van der Waals surface area contributed by atoms with E-state index in [0.717, 1.165) is 24.8 Å². The zero-order valence-electron chi connectivity index (χ0n) is 19.2. The van der Waals surface area contributed by atoms with Crippen molar-refractivity contribution in [2.45, 2.75) is 57.2 Å². The Hall–Kier alpha value is -3.72. The second-order valence-electron chi connectivity index (χ2n) is 9.84. The van der Waals surface area contributed by atoms with Gasteiger partial charge in [-0.25, -0.2) is 4.98 Å². The van der Waals surface area contributed by atoms with Gasteiger partial charge < -0.3 is 26.0 Å². The molecule has 2 atom stereocenters. The fraction of sp³-hybridized carbons (Fsp3) is 0.385. The van der Waals surface area contributed by atoms with E-state index in [-0.39, 0.29) is 41.8 Å². The van der Waals surface area contributed by atoms with Crippen LogP contribution in [-0.4, -0.2) is 44.9 Å². The molecule has 2 fully saturated rings. The maximum atomic E-state index is 13.2. The highest BCUT2D eigenvalue weighted by atomic mass is 16.3. The fourth-order valence-corrected chi connectivity index (χ4v) is 5.81. The van der Waals surface area contributed by atoms with Crippen molar-refractivity contribution in [1.82, 2.24) is 20.6 Å². The first-order chi connectivity index (χ1) is 17.0. The molecule has 2 unspecified atom stereocenters. The zero-order chi connectivity index (χ0) is 24.2. The normalized spacial score (nSPS) is 22.0. The van der Waals surface area contributed by atoms with Gasteiger partial charge in [0, 0.05) is 35.2 Å². The lowest BCUT2D eigenvalue weighted by Gasteiger charge is -2.61. The number of benzene rings is 2. The van der Waals surface area contributed by atoms with Crippen molar-refractivity contribution in [3.8, 4) is 0 Å². The molecule has 3 aliphatic rings. The summed E-state index contributed by atoms with van der Waals surface area (Å²) in [5.74, 6) is 0.0348. The number of imidazole rings is 1. The number of H-pyrrole nitrogens is 1. The van der Waals surface area contributed by atoms with E-state index in [1.165, 1.54) is 0 Å². The van der Waals surface area contributed by atoms with Crippen LogP contribution in [0.25, 0.3) is 11.0 Å². The largest absolute Gasteiger partial charge is 0.388 e. The Morgan fingerprint density at radius 2 is 1.89 bits per heavy atom. The molecule has 35 heavy (non-hydrogen) atoms. The molecule has 2 saturated carbocycles. The number of para-hydroxylation sites is 1. The Morgan fingerprint density at radius 1 is 1.09 bits per heavy atom. The van der Waals surface area contributed by atoms with Crippen molar-refractivity contribution in [2.24, 2.45) is 5.41 Å². The summed E-state index contributed by atoms with van der Waals surface area (Å²) in [6.07, 6.45) is 4.78. The molecule has 2 aliphatic carbocycles. The molecule has 1 aliphatic heterocycles. The summed E-state index contributed by atoms with van der Waals surface area (Å²) < 4.78 is 0. The number of aliphatic hydroxyl groups excluding tert-OH is 1. The van der Waals surface area contributed by atoms with Crippen LogP contribution in [-0.2, 0) is 17.8 Å². The number of rotatable bonds is 5. The summed E-state index contributed by atoms with van der Waals surface area (Å²) in [5, 5.41) is 18.6. The molecule has 2 aromatic carbocycles. The van der Waals surface area contributed by atoms with E-state index >= 15 is 0 Å². The highest BCUT2D eigenvalue weighted by Crippen LogP contribution is 2.56. The van der Waals surface area contributed by atoms with Gasteiger partial charge in [0.05, 0.1) is 11.1 Å². The Labute approximate surface area is 201 Å². The highest BCUT2D eigenvalue weighted by molar-refractivity contribution is 6.05. The van der Waals surface area contributed by atoms with Gasteiger partial charge in [-0.15, -0.1) is 0 Å². The second kappa shape index (κ2) is 8.20. The van der Waals surface area contributed by atoms with Crippen molar-refractivity contribution in [3.05, 3.63) is 58.9 Å². The summed E-state index contributed by atoms with van der Waals surface area (Å²) in [5.41, 5.74) is 3.86. The Balaban J connectivity index is 1.15. The number of aryl methyl sites for hydroxylation is 1. The summed E-state index contributed by atoms with van der Waals surface area (Å²) in [4.78, 5) is 45.3. The number of hydrogen-bond donors (Lipinski definition) is 5. The minimum atomic E-state index is -0.223. The maximum absolute atomic E-state index is 13.2. The van der Waals surface area contributed by atoms with E-state index in [9.17, 15) is 19.5 Å². The van der Waals surface area contributed by atoms with Gasteiger partial charge in [0.1, 0.15) is 17.9 Å². The number of nitrogens with one attached hydrogen (secondary N) is 4. The third-order valence-corrected chi connectivity index (χ3v) is 7.98. The van der Waals surface area contributed by atoms with Gasteiger partial charge in [-0.3, -0.25) is 14.4 Å². The van der Waals surface area contributed by atoms with Crippen LogP contribution in [0.2, 0.25) is 0 Å². The molecule has 9 nitrogen and oxygen atoms in total. The number of hydrogen-bond acceptors (Lipinski definition) is 5. The number of carbonyl (C=O) groups excluding carboxylic acids is 3. The van der Waals surface area contributed by atoms with Crippen LogP contribution in [0, 0.1) is 5.41 Å². The number of fused-ring (bicyclic) bond motifs is 2. The number of aliphatic hydroxyl groups is 1. The molecule has 3 aromatic rings. The summed E-state index contributed by atoms with van der Waals surface area (Å²) in [6, 6.07) is 10.8. The smallest absolute Gasteiger partial charge is 0.253 e. The van der Waals surface area contributed by atoms with E-state index in [2.05, 4.69) is 25.9 Å². The van der Waals surface area contributed by atoms with E-state index in [1.807, 2.05) is 18.2 Å².